The highest BCUT2D eigenvalue weighted by Gasteiger charge is 2.35. The Morgan fingerprint density at radius 3 is 2.60 bits per heavy atom. The van der Waals surface area contributed by atoms with E-state index in [1.807, 2.05) is 86.8 Å². The van der Waals surface area contributed by atoms with Crippen LogP contribution in [0, 0.1) is 0 Å². The molecule has 6 rings (SSSR count). The third-order valence-electron chi connectivity index (χ3n) is 7.80. The molecule has 8 nitrogen and oxygen atoms in total. The van der Waals surface area contributed by atoms with Crippen molar-refractivity contribution in [3.63, 3.8) is 0 Å². The summed E-state index contributed by atoms with van der Waals surface area (Å²) in [7, 11) is 1.54. The molecule has 1 atom stereocenters. The van der Waals surface area contributed by atoms with E-state index in [9.17, 15) is 9.59 Å². The third kappa shape index (κ3) is 6.67. The summed E-state index contributed by atoms with van der Waals surface area (Å²) in [5.41, 5.74) is 3.92. The van der Waals surface area contributed by atoms with Crippen molar-refractivity contribution in [3.8, 4) is 5.75 Å². The third-order valence-corrected chi connectivity index (χ3v) is 9.37. The van der Waals surface area contributed by atoms with Crippen molar-refractivity contribution in [1.82, 2.24) is 9.13 Å². The molecular formula is C36H33Cl2N3O5S. The second-order valence-corrected chi connectivity index (χ2v) is 13.2. The van der Waals surface area contributed by atoms with Gasteiger partial charge in [-0.25, -0.2) is 9.79 Å². The highest BCUT2D eigenvalue weighted by Crippen LogP contribution is 2.36. The lowest BCUT2D eigenvalue weighted by atomic mass is 9.95. The largest absolute Gasteiger partial charge is 0.491 e. The summed E-state index contributed by atoms with van der Waals surface area (Å²) in [6, 6.07) is 20.1. The molecule has 0 spiro atoms. The molecule has 5 aromatic rings. The number of para-hydroxylation sites is 2. The van der Waals surface area contributed by atoms with Crippen molar-refractivity contribution in [2.45, 2.75) is 39.5 Å². The number of ether oxygens (including phenoxy) is 3. The van der Waals surface area contributed by atoms with Gasteiger partial charge in [0.2, 0.25) is 0 Å². The van der Waals surface area contributed by atoms with Gasteiger partial charge in [0.1, 0.15) is 18.4 Å². The number of thiazole rings is 1. The van der Waals surface area contributed by atoms with Crippen molar-refractivity contribution < 1.29 is 19.0 Å². The molecule has 0 bridgehead atoms. The van der Waals surface area contributed by atoms with E-state index in [1.54, 1.807) is 17.6 Å². The number of halogens is 2. The van der Waals surface area contributed by atoms with Crippen LogP contribution in [0.5, 0.6) is 5.75 Å². The first-order valence-electron chi connectivity index (χ1n) is 15.1. The maximum absolute atomic E-state index is 14.4. The summed E-state index contributed by atoms with van der Waals surface area (Å²) in [4.78, 5) is 33.2. The lowest BCUT2D eigenvalue weighted by Gasteiger charge is -2.27. The Bertz CT molecular complexity index is 2200. The first-order chi connectivity index (χ1) is 22.7. The number of aromatic nitrogens is 2. The average Bonchev–Trinajstić information content (AvgIpc) is 3.54. The molecule has 47 heavy (non-hydrogen) atoms. The summed E-state index contributed by atoms with van der Waals surface area (Å²) < 4.78 is 21.0. The van der Waals surface area contributed by atoms with E-state index in [4.69, 9.17) is 42.4 Å². The van der Waals surface area contributed by atoms with Crippen LogP contribution in [0.3, 0.4) is 0 Å². The Hall–Kier alpha value is -4.15. The normalized spacial score (nSPS) is 14.9. The fourth-order valence-electron chi connectivity index (χ4n) is 5.74. The lowest BCUT2D eigenvalue weighted by Crippen LogP contribution is -2.40. The van der Waals surface area contributed by atoms with Crippen molar-refractivity contribution in [2.75, 3.05) is 20.3 Å². The molecule has 2 aromatic heterocycles. The minimum Gasteiger partial charge on any atom is -0.491 e. The molecule has 0 fully saturated rings. The first kappa shape index (κ1) is 32.8. The molecule has 0 aliphatic carbocycles. The molecule has 0 amide bonds. The Kier molecular flexibility index (Phi) is 9.70. The minimum absolute atomic E-state index is 0.0681. The summed E-state index contributed by atoms with van der Waals surface area (Å²) in [6.45, 7) is 6.46. The van der Waals surface area contributed by atoms with E-state index in [0.717, 1.165) is 22.0 Å². The van der Waals surface area contributed by atoms with Crippen LogP contribution in [-0.4, -0.2) is 41.5 Å². The zero-order chi connectivity index (χ0) is 33.2. The van der Waals surface area contributed by atoms with Crippen LogP contribution in [0.15, 0.2) is 94.0 Å². The first-order valence-corrected chi connectivity index (χ1v) is 16.7. The summed E-state index contributed by atoms with van der Waals surface area (Å²) >= 11 is 13.9. The van der Waals surface area contributed by atoms with Crippen LogP contribution in [0.2, 0.25) is 10.0 Å². The zero-order valence-corrected chi connectivity index (χ0v) is 28.7. The summed E-state index contributed by atoms with van der Waals surface area (Å²) in [5, 5.41) is 2.14. The molecule has 11 heteroatoms. The van der Waals surface area contributed by atoms with Gasteiger partial charge in [-0.1, -0.05) is 77.0 Å². The predicted molar refractivity (Wildman–Crippen MR) is 186 cm³/mol. The van der Waals surface area contributed by atoms with Crippen molar-refractivity contribution in [1.29, 1.82) is 0 Å². The van der Waals surface area contributed by atoms with Gasteiger partial charge in [-0.15, -0.1) is 0 Å². The van der Waals surface area contributed by atoms with Crippen LogP contribution in [-0.2, 0) is 20.8 Å². The fraction of sp³-hybridized carbons (Fsp3) is 0.250. The molecule has 0 saturated carbocycles. The molecule has 0 radical (unpaired) electrons. The smallest absolute Gasteiger partial charge is 0.338 e. The number of allylic oxidation sites excluding steroid dienone is 1. The number of methoxy groups -OCH3 is 1. The summed E-state index contributed by atoms with van der Waals surface area (Å²) in [5.74, 6) is 0.00811. The fourth-order valence-corrected chi connectivity index (χ4v) is 7.24. The van der Waals surface area contributed by atoms with Gasteiger partial charge in [-0.3, -0.25) is 9.36 Å². The second kappa shape index (κ2) is 13.9. The van der Waals surface area contributed by atoms with Crippen LogP contribution in [0.1, 0.15) is 43.5 Å². The molecule has 0 N–H and O–H groups in total. The number of esters is 1. The molecule has 242 valence electrons. The maximum atomic E-state index is 14.4. The van der Waals surface area contributed by atoms with Gasteiger partial charge in [-0.2, -0.15) is 0 Å². The molecule has 3 aromatic carbocycles. The van der Waals surface area contributed by atoms with Gasteiger partial charge >= 0.3 is 5.97 Å². The van der Waals surface area contributed by atoms with Gasteiger partial charge < -0.3 is 18.8 Å². The maximum Gasteiger partial charge on any atom is 0.338 e. The Labute approximate surface area is 285 Å². The highest BCUT2D eigenvalue weighted by molar-refractivity contribution is 7.07. The van der Waals surface area contributed by atoms with E-state index < -0.39 is 12.0 Å². The number of hydrogen-bond donors (Lipinski definition) is 0. The van der Waals surface area contributed by atoms with Crippen LogP contribution >= 0.6 is 34.5 Å². The zero-order valence-electron chi connectivity index (χ0n) is 26.3. The quantitative estimate of drug-likeness (QED) is 0.123. The SMILES string of the molecule is COCCOC(=O)C1=C(C)N=c2s/c(=C/c3cn(Cc4ccc(Cl)cc4Cl)c4ccccc34)c(=O)n2[C@H]1c1ccccc1OC(C)C. The van der Waals surface area contributed by atoms with Crippen molar-refractivity contribution >= 4 is 57.5 Å². The number of hydrogen-bond acceptors (Lipinski definition) is 7. The Balaban J connectivity index is 1.51. The molecule has 1 aliphatic rings. The van der Waals surface area contributed by atoms with Gasteiger partial charge in [0.05, 0.1) is 28.5 Å². The number of carbonyl (C=O) groups is 1. The second-order valence-electron chi connectivity index (χ2n) is 11.4. The van der Waals surface area contributed by atoms with Crippen molar-refractivity contribution in [3.05, 3.63) is 131 Å². The molecular weight excluding hydrogens is 657 g/mol. The van der Waals surface area contributed by atoms with E-state index in [1.165, 1.54) is 18.4 Å². The number of rotatable bonds is 10. The van der Waals surface area contributed by atoms with E-state index in [2.05, 4.69) is 4.57 Å². The topological polar surface area (TPSA) is 84.0 Å². The van der Waals surface area contributed by atoms with E-state index in [0.29, 0.717) is 42.9 Å². The number of carbonyl (C=O) groups excluding carboxylic acids is 1. The number of fused-ring (bicyclic) bond motifs is 2. The molecule has 3 heterocycles. The molecule has 0 unspecified atom stereocenters. The monoisotopic (exact) mass is 689 g/mol. The lowest BCUT2D eigenvalue weighted by molar-refractivity contribution is -0.140. The number of nitrogens with zero attached hydrogens (tertiary/aromatic N) is 3. The van der Waals surface area contributed by atoms with Gasteiger partial charge in [0.15, 0.2) is 4.80 Å². The standard InChI is InChI=1S/C36H33Cl2N3O5S/c1-21(2)46-30-12-8-6-10-27(30)33-32(35(43)45-16-15-44-4)22(3)39-36-41(33)34(42)31(47-36)17-24-20-40(29-11-7-5-9-26(24)29)19-23-13-14-25(37)18-28(23)38/h5-14,17-18,20-21,33H,15-16,19H2,1-4H3/b31-17+/t33-/m0/s1. The van der Waals surface area contributed by atoms with E-state index >= 15 is 0 Å². The van der Waals surface area contributed by atoms with Gasteiger partial charge in [0, 0.05) is 51.9 Å². The Morgan fingerprint density at radius 2 is 1.83 bits per heavy atom. The minimum atomic E-state index is -0.813. The summed E-state index contributed by atoms with van der Waals surface area (Å²) in [6.07, 6.45) is 3.77. The highest BCUT2D eigenvalue weighted by atomic mass is 35.5. The van der Waals surface area contributed by atoms with Crippen LogP contribution in [0.25, 0.3) is 17.0 Å². The predicted octanol–water partition coefficient (Wildman–Crippen LogP) is 6.52. The molecule has 1 aliphatic heterocycles. The van der Waals surface area contributed by atoms with Crippen LogP contribution < -0.4 is 19.6 Å². The van der Waals surface area contributed by atoms with Crippen molar-refractivity contribution in [2.24, 2.45) is 4.99 Å². The van der Waals surface area contributed by atoms with Gasteiger partial charge in [0.25, 0.3) is 5.56 Å². The number of benzene rings is 3. The van der Waals surface area contributed by atoms with Gasteiger partial charge in [-0.05, 0) is 56.7 Å². The molecule has 0 saturated heterocycles. The average molecular weight is 691 g/mol. The Morgan fingerprint density at radius 1 is 1.06 bits per heavy atom. The van der Waals surface area contributed by atoms with Crippen LogP contribution in [0.4, 0.5) is 0 Å². The van der Waals surface area contributed by atoms with E-state index in [-0.39, 0.29) is 30.5 Å².